The number of nitrogens with zero attached hydrogens (tertiary/aromatic N) is 2. The van der Waals surface area contributed by atoms with Crippen LogP contribution < -0.4 is 15.2 Å². The van der Waals surface area contributed by atoms with Crippen molar-refractivity contribution in [2.24, 2.45) is 0 Å². The molecule has 0 aliphatic carbocycles. The molecular weight excluding hydrogens is 476 g/mol. The number of sulfonamides is 1. The zero-order valence-electron chi connectivity index (χ0n) is 17.2. The second-order valence-corrected chi connectivity index (χ2v) is 9.13. The Kier molecular flexibility index (Phi) is 6.09. The number of halogens is 3. The van der Waals surface area contributed by atoms with E-state index in [-0.39, 0.29) is 11.5 Å². The molecule has 0 saturated heterocycles. The molecule has 0 radical (unpaired) electrons. The van der Waals surface area contributed by atoms with Crippen LogP contribution in [0.15, 0.2) is 47.4 Å². The Bertz CT molecular complexity index is 1440. The second kappa shape index (κ2) is 8.83. The van der Waals surface area contributed by atoms with Crippen molar-refractivity contribution in [1.82, 2.24) is 15.2 Å². The van der Waals surface area contributed by atoms with Crippen LogP contribution in [0.25, 0.3) is 22.2 Å². The van der Waals surface area contributed by atoms with Gasteiger partial charge >= 0.3 is 0 Å². The number of rotatable bonds is 7. The number of hydrogen-bond acceptors (Lipinski definition) is 6. The third-order valence-electron chi connectivity index (χ3n) is 4.68. The quantitative estimate of drug-likeness (QED) is 0.320. The predicted octanol–water partition coefficient (Wildman–Crippen LogP) is 4.73. The normalized spacial score (nSPS) is 11.6. The summed E-state index contributed by atoms with van der Waals surface area (Å²) in [7, 11) is -4.26. The molecule has 2 aromatic heterocycles. The topological polar surface area (TPSA) is 123 Å². The maximum Gasteiger partial charge on any atom is 0.263 e. The first-order chi connectivity index (χ1) is 15.7. The summed E-state index contributed by atoms with van der Waals surface area (Å²) in [5.41, 5.74) is 7.96. The maximum absolute atomic E-state index is 13.5. The van der Waals surface area contributed by atoms with Crippen molar-refractivity contribution < 1.29 is 21.9 Å². The summed E-state index contributed by atoms with van der Waals surface area (Å²) in [6.07, 6.45) is 0.780. The van der Waals surface area contributed by atoms with Crippen LogP contribution >= 0.6 is 11.6 Å². The van der Waals surface area contributed by atoms with E-state index in [0.29, 0.717) is 46.8 Å². The molecule has 0 aliphatic rings. The molecule has 4 aromatic rings. The van der Waals surface area contributed by atoms with Crippen molar-refractivity contribution in [3.63, 3.8) is 0 Å². The number of pyridine rings is 1. The van der Waals surface area contributed by atoms with Crippen LogP contribution in [-0.2, 0) is 10.0 Å². The van der Waals surface area contributed by atoms with Crippen LogP contribution in [-0.4, -0.2) is 30.2 Å². The number of anilines is 2. The molecule has 0 unspecified atom stereocenters. The van der Waals surface area contributed by atoms with E-state index in [2.05, 4.69) is 19.9 Å². The van der Waals surface area contributed by atoms with Gasteiger partial charge in [0.15, 0.2) is 17.5 Å². The number of benzene rings is 2. The number of ether oxygens (including phenoxy) is 1. The maximum atomic E-state index is 13.5. The molecule has 0 saturated carbocycles. The number of H-pyrrole nitrogens is 1. The lowest BCUT2D eigenvalue weighted by atomic mass is 10.1. The van der Waals surface area contributed by atoms with Crippen LogP contribution in [0.3, 0.4) is 0 Å². The molecule has 172 valence electrons. The fourth-order valence-electron chi connectivity index (χ4n) is 3.11. The molecule has 0 fully saturated rings. The van der Waals surface area contributed by atoms with Gasteiger partial charge in [0, 0.05) is 11.3 Å². The highest BCUT2D eigenvalue weighted by Crippen LogP contribution is 2.32. The first-order valence-corrected chi connectivity index (χ1v) is 11.6. The standard InChI is InChI=1S/C21H18ClF2N5O3S/c1-2-7-32-21-19-17(27-28-20(19)25)10-16(26-21)11-3-5-12(6-4-11)29-33(30,31)18-9-15(24)14(23)8-13(18)22/h3-6,8-10,29H,2,7H2,1H3,(H3,25,27,28). The average Bonchev–Trinajstić information content (AvgIpc) is 3.15. The van der Waals surface area contributed by atoms with E-state index in [0.717, 1.165) is 6.42 Å². The molecule has 0 aliphatic heterocycles. The first-order valence-electron chi connectivity index (χ1n) is 9.74. The average molecular weight is 494 g/mol. The Balaban J connectivity index is 1.64. The van der Waals surface area contributed by atoms with Crippen LogP contribution in [0.1, 0.15) is 13.3 Å². The molecule has 8 nitrogen and oxygen atoms in total. The number of nitrogen functional groups attached to an aromatic ring is 1. The number of nitrogens with one attached hydrogen (secondary N) is 2. The largest absolute Gasteiger partial charge is 0.477 e. The van der Waals surface area contributed by atoms with Crippen molar-refractivity contribution in [2.75, 3.05) is 17.1 Å². The van der Waals surface area contributed by atoms with Gasteiger partial charge in [-0.25, -0.2) is 22.2 Å². The number of nitrogens with two attached hydrogens (primary N) is 1. The lowest BCUT2D eigenvalue weighted by molar-refractivity contribution is 0.310. The Hall–Kier alpha value is -3.44. The van der Waals surface area contributed by atoms with Crippen molar-refractivity contribution in [2.45, 2.75) is 18.2 Å². The van der Waals surface area contributed by atoms with Crippen molar-refractivity contribution in [3.8, 4) is 17.1 Å². The van der Waals surface area contributed by atoms with Crippen molar-refractivity contribution in [3.05, 3.63) is 59.1 Å². The van der Waals surface area contributed by atoms with Gasteiger partial charge < -0.3 is 10.5 Å². The second-order valence-electron chi connectivity index (χ2n) is 7.07. The van der Waals surface area contributed by atoms with E-state index in [1.807, 2.05) is 6.92 Å². The lowest BCUT2D eigenvalue weighted by Gasteiger charge is -2.11. The minimum atomic E-state index is -4.26. The molecule has 0 bridgehead atoms. The van der Waals surface area contributed by atoms with Crippen LogP contribution in [0, 0.1) is 11.6 Å². The molecule has 2 heterocycles. The highest BCUT2D eigenvalue weighted by molar-refractivity contribution is 7.92. The molecule has 4 rings (SSSR count). The van der Waals surface area contributed by atoms with E-state index in [4.69, 9.17) is 22.1 Å². The van der Waals surface area contributed by atoms with Gasteiger partial charge in [-0.05, 0) is 36.8 Å². The summed E-state index contributed by atoms with van der Waals surface area (Å²) in [4.78, 5) is 3.95. The summed E-state index contributed by atoms with van der Waals surface area (Å²) in [6.45, 7) is 2.41. The van der Waals surface area contributed by atoms with Crippen LogP contribution in [0.5, 0.6) is 5.88 Å². The third-order valence-corrected chi connectivity index (χ3v) is 6.53. The first kappa shape index (κ1) is 22.7. The highest BCUT2D eigenvalue weighted by Gasteiger charge is 2.21. The van der Waals surface area contributed by atoms with Gasteiger partial charge in [0.05, 0.1) is 22.8 Å². The summed E-state index contributed by atoms with van der Waals surface area (Å²) in [6, 6.07) is 9.17. The zero-order valence-corrected chi connectivity index (χ0v) is 18.8. The Morgan fingerprint density at radius 3 is 2.55 bits per heavy atom. The molecule has 33 heavy (non-hydrogen) atoms. The van der Waals surface area contributed by atoms with Gasteiger partial charge in [0.25, 0.3) is 10.0 Å². The minimum Gasteiger partial charge on any atom is -0.477 e. The van der Waals surface area contributed by atoms with Crippen LogP contribution in [0.4, 0.5) is 20.3 Å². The molecular formula is C21H18ClF2N5O3S. The number of hydrogen-bond donors (Lipinski definition) is 3. The van der Waals surface area contributed by atoms with E-state index >= 15 is 0 Å². The van der Waals surface area contributed by atoms with E-state index in [9.17, 15) is 17.2 Å². The molecule has 4 N–H and O–H groups in total. The number of fused-ring (bicyclic) bond motifs is 1. The van der Waals surface area contributed by atoms with Gasteiger partial charge in [0.1, 0.15) is 10.3 Å². The Morgan fingerprint density at radius 2 is 1.85 bits per heavy atom. The Morgan fingerprint density at radius 1 is 1.15 bits per heavy atom. The zero-order chi connectivity index (χ0) is 23.8. The summed E-state index contributed by atoms with van der Waals surface area (Å²) in [5, 5.41) is 6.98. The van der Waals surface area contributed by atoms with Crippen LogP contribution in [0.2, 0.25) is 5.02 Å². The van der Waals surface area contributed by atoms with Gasteiger partial charge in [0.2, 0.25) is 5.88 Å². The summed E-state index contributed by atoms with van der Waals surface area (Å²) >= 11 is 5.79. The predicted molar refractivity (Wildman–Crippen MR) is 122 cm³/mol. The molecule has 12 heteroatoms. The number of aromatic nitrogens is 3. The third kappa shape index (κ3) is 4.55. The fraction of sp³-hybridized carbons (Fsp3) is 0.143. The lowest BCUT2D eigenvalue weighted by Crippen LogP contribution is -2.14. The minimum absolute atomic E-state index is 0.189. The fourth-order valence-corrected chi connectivity index (χ4v) is 4.70. The Labute approximate surface area is 192 Å². The molecule has 0 amide bonds. The van der Waals surface area contributed by atoms with Gasteiger partial charge in [-0.1, -0.05) is 30.7 Å². The highest BCUT2D eigenvalue weighted by atomic mass is 35.5. The van der Waals surface area contributed by atoms with Gasteiger partial charge in [-0.3, -0.25) is 9.82 Å². The monoisotopic (exact) mass is 493 g/mol. The molecule has 2 aromatic carbocycles. The van der Waals surface area contributed by atoms with Gasteiger partial charge in [-0.2, -0.15) is 5.10 Å². The van der Waals surface area contributed by atoms with Gasteiger partial charge in [-0.15, -0.1) is 0 Å². The smallest absolute Gasteiger partial charge is 0.263 e. The van der Waals surface area contributed by atoms with E-state index in [1.165, 1.54) is 12.1 Å². The SMILES string of the molecule is CCCOc1nc(-c2ccc(NS(=O)(=O)c3cc(F)c(F)cc3Cl)cc2)cc2[nH]nc(N)c12. The van der Waals surface area contributed by atoms with E-state index < -0.39 is 31.6 Å². The van der Waals surface area contributed by atoms with Crippen molar-refractivity contribution in [1.29, 1.82) is 0 Å². The summed E-state index contributed by atoms with van der Waals surface area (Å²) < 4.78 is 60.0. The number of aromatic amines is 1. The van der Waals surface area contributed by atoms with Crippen molar-refractivity contribution >= 4 is 44.0 Å². The molecule has 0 spiro atoms. The summed E-state index contributed by atoms with van der Waals surface area (Å²) in [5.74, 6) is -1.95. The molecule has 0 atom stereocenters. The van der Waals surface area contributed by atoms with E-state index in [1.54, 1.807) is 18.2 Å².